The van der Waals surface area contributed by atoms with Crippen LogP contribution in [0.1, 0.15) is 15.9 Å². The molecule has 2 rings (SSSR count). The highest BCUT2D eigenvalue weighted by molar-refractivity contribution is 7.98. The van der Waals surface area contributed by atoms with Gasteiger partial charge in [0, 0.05) is 10.6 Å². The largest absolute Gasteiger partial charge is 0.322 e. The molecule has 0 aliphatic carbocycles. The van der Waals surface area contributed by atoms with Crippen LogP contribution in [0.5, 0.6) is 0 Å². The number of halogens is 1. The Morgan fingerprint density at radius 2 is 1.88 bits per heavy atom. The number of rotatable bonds is 5. The lowest BCUT2D eigenvalue weighted by Gasteiger charge is -2.11. The van der Waals surface area contributed by atoms with Crippen molar-refractivity contribution in [1.82, 2.24) is 4.72 Å². The summed E-state index contributed by atoms with van der Waals surface area (Å²) in [5.74, 6) is -0.396. The van der Waals surface area contributed by atoms with Gasteiger partial charge >= 0.3 is 0 Å². The van der Waals surface area contributed by atoms with E-state index in [2.05, 4.69) is 10.0 Å². The lowest BCUT2D eigenvalue weighted by atomic mass is 10.2. The van der Waals surface area contributed by atoms with Crippen molar-refractivity contribution >= 4 is 45.0 Å². The van der Waals surface area contributed by atoms with Gasteiger partial charge < -0.3 is 5.32 Å². The van der Waals surface area contributed by atoms with Crippen LogP contribution in [0, 0.1) is 6.92 Å². The minimum atomic E-state index is -3.60. The van der Waals surface area contributed by atoms with E-state index in [1.54, 1.807) is 31.2 Å². The van der Waals surface area contributed by atoms with E-state index >= 15 is 0 Å². The van der Waals surface area contributed by atoms with Gasteiger partial charge in [0.15, 0.2) is 0 Å². The third-order valence-corrected chi connectivity index (χ3v) is 6.03. The molecule has 2 N–H and O–H groups in total. The summed E-state index contributed by atoms with van der Waals surface area (Å²) >= 11 is 7.59. The van der Waals surface area contributed by atoms with E-state index in [1.165, 1.54) is 24.9 Å². The number of aryl methyl sites for hydroxylation is 1. The number of amides is 1. The zero-order valence-electron chi connectivity index (χ0n) is 13.4. The molecular weight excluding hydrogens is 368 g/mol. The summed E-state index contributed by atoms with van der Waals surface area (Å²) in [4.78, 5) is 13.5. The smallest absolute Gasteiger partial charge is 0.257 e. The van der Waals surface area contributed by atoms with Gasteiger partial charge in [0.25, 0.3) is 5.91 Å². The molecule has 0 bridgehead atoms. The van der Waals surface area contributed by atoms with E-state index < -0.39 is 15.9 Å². The van der Waals surface area contributed by atoms with Gasteiger partial charge in [0.05, 0.1) is 15.5 Å². The van der Waals surface area contributed by atoms with E-state index in [1.807, 2.05) is 12.3 Å². The molecule has 0 aliphatic heterocycles. The first-order valence-corrected chi connectivity index (χ1v) is 10.1. The Balaban J connectivity index is 2.35. The van der Waals surface area contributed by atoms with Crippen LogP contribution in [0.15, 0.2) is 46.2 Å². The summed E-state index contributed by atoms with van der Waals surface area (Å²) in [7, 11) is -2.26. The summed E-state index contributed by atoms with van der Waals surface area (Å²) in [6, 6.07) is 9.89. The molecular formula is C16H17ClN2O3S2. The van der Waals surface area contributed by atoms with Crippen LogP contribution >= 0.6 is 23.4 Å². The van der Waals surface area contributed by atoms with Crippen LogP contribution in [0.2, 0.25) is 5.02 Å². The van der Waals surface area contributed by atoms with Crippen molar-refractivity contribution in [3.05, 3.63) is 52.5 Å². The Hall–Kier alpha value is -1.54. The molecule has 24 heavy (non-hydrogen) atoms. The van der Waals surface area contributed by atoms with Crippen LogP contribution in [0.25, 0.3) is 0 Å². The van der Waals surface area contributed by atoms with Gasteiger partial charge in [-0.25, -0.2) is 13.1 Å². The van der Waals surface area contributed by atoms with Gasteiger partial charge in [0.2, 0.25) is 10.0 Å². The number of benzene rings is 2. The van der Waals surface area contributed by atoms with Gasteiger partial charge in [0.1, 0.15) is 0 Å². The highest BCUT2D eigenvalue weighted by atomic mass is 35.5. The summed E-state index contributed by atoms with van der Waals surface area (Å²) < 4.78 is 26.3. The number of carbonyl (C=O) groups is 1. The predicted molar refractivity (Wildman–Crippen MR) is 98.6 cm³/mol. The molecule has 8 heteroatoms. The topological polar surface area (TPSA) is 75.3 Å². The SMILES string of the molecule is CNS(=O)(=O)c1cc(NC(=O)c2cc(SC)ccc2Cl)ccc1C. The van der Waals surface area contributed by atoms with Gasteiger partial charge in [-0.05, 0) is 56.1 Å². The minimum absolute atomic E-state index is 0.117. The van der Waals surface area contributed by atoms with Crippen molar-refractivity contribution in [3.63, 3.8) is 0 Å². The third kappa shape index (κ3) is 4.10. The number of nitrogens with one attached hydrogen (secondary N) is 2. The first-order valence-electron chi connectivity index (χ1n) is 6.97. The van der Waals surface area contributed by atoms with Crippen LogP contribution in [-0.2, 0) is 10.0 Å². The zero-order valence-corrected chi connectivity index (χ0v) is 15.8. The minimum Gasteiger partial charge on any atom is -0.322 e. The van der Waals surface area contributed by atoms with Crippen molar-refractivity contribution in [3.8, 4) is 0 Å². The molecule has 128 valence electrons. The lowest BCUT2D eigenvalue weighted by Crippen LogP contribution is -2.20. The molecule has 2 aromatic rings. The fraction of sp³-hybridized carbons (Fsp3) is 0.188. The summed E-state index contributed by atoms with van der Waals surface area (Å²) in [5.41, 5.74) is 1.30. The fourth-order valence-electron chi connectivity index (χ4n) is 2.08. The molecule has 0 aromatic heterocycles. The number of anilines is 1. The quantitative estimate of drug-likeness (QED) is 0.773. The molecule has 0 saturated carbocycles. The number of carbonyl (C=O) groups excluding carboxylic acids is 1. The van der Waals surface area contributed by atoms with Crippen LogP contribution in [0.4, 0.5) is 5.69 Å². The predicted octanol–water partition coefficient (Wildman–Crippen LogP) is 3.53. The second-order valence-electron chi connectivity index (χ2n) is 4.99. The fourth-order valence-corrected chi connectivity index (χ4v) is 3.72. The molecule has 0 atom stereocenters. The molecule has 0 radical (unpaired) electrons. The Bertz CT molecular complexity index is 883. The van der Waals surface area contributed by atoms with E-state index in [4.69, 9.17) is 11.6 Å². The summed E-state index contributed by atoms with van der Waals surface area (Å²) in [5, 5.41) is 3.02. The van der Waals surface area contributed by atoms with E-state index in [0.717, 1.165) is 4.90 Å². The van der Waals surface area contributed by atoms with E-state index in [0.29, 0.717) is 21.8 Å². The van der Waals surface area contributed by atoms with E-state index in [9.17, 15) is 13.2 Å². The normalized spacial score (nSPS) is 11.3. The van der Waals surface area contributed by atoms with Crippen molar-refractivity contribution < 1.29 is 13.2 Å². The average molecular weight is 385 g/mol. The second-order valence-corrected chi connectivity index (χ2v) is 8.13. The molecule has 0 fully saturated rings. The maximum absolute atomic E-state index is 12.4. The molecule has 0 spiro atoms. The number of hydrogen-bond acceptors (Lipinski definition) is 4. The summed E-state index contributed by atoms with van der Waals surface area (Å²) in [6.45, 7) is 1.69. The number of hydrogen-bond donors (Lipinski definition) is 2. The Morgan fingerprint density at radius 3 is 2.50 bits per heavy atom. The standard InChI is InChI=1S/C16H17ClN2O3S2/c1-10-4-5-11(8-15(10)24(21,22)18-2)19-16(20)13-9-12(23-3)6-7-14(13)17/h4-9,18H,1-3H3,(H,19,20). The van der Waals surface area contributed by atoms with Gasteiger partial charge in [-0.1, -0.05) is 17.7 Å². The molecule has 1 amide bonds. The lowest BCUT2D eigenvalue weighted by molar-refractivity contribution is 0.102. The van der Waals surface area contributed by atoms with E-state index in [-0.39, 0.29) is 4.90 Å². The van der Waals surface area contributed by atoms with Crippen molar-refractivity contribution in [1.29, 1.82) is 0 Å². The molecule has 0 heterocycles. The molecule has 0 aliphatic rings. The third-order valence-electron chi connectivity index (χ3n) is 3.42. The first kappa shape index (κ1) is 18.8. The Kier molecular flexibility index (Phi) is 5.92. The van der Waals surface area contributed by atoms with Gasteiger partial charge in [-0.3, -0.25) is 4.79 Å². The number of thioether (sulfide) groups is 1. The zero-order chi connectivity index (χ0) is 17.9. The Labute approximate surface area is 150 Å². The van der Waals surface area contributed by atoms with Crippen LogP contribution in [-0.4, -0.2) is 27.6 Å². The summed E-state index contributed by atoms with van der Waals surface area (Å²) in [6.07, 6.45) is 1.90. The molecule has 5 nitrogen and oxygen atoms in total. The highest BCUT2D eigenvalue weighted by Gasteiger charge is 2.17. The monoisotopic (exact) mass is 384 g/mol. The van der Waals surface area contributed by atoms with Gasteiger partial charge in [-0.15, -0.1) is 11.8 Å². The van der Waals surface area contributed by atoms with Crippen molar-refractivity contribution in [2.45, 2.75) is 16.7 Å². The molecule has 0 saturated heterocycles. The average Bonchev–Trinajstić information content (AvgIpc) is 2.56. The van der Waals surface area contributed by atoms with Crippen LogP contribution < -0.4 is 10.0 Å². The van der Waals surface area contributed by atoms with Crippen molar-refractivity contribution in [2.75, 3.05) is 18.6 Å². The maximum atomic E-state index is 12.4. The molecule has 0 unspecified atom stereocenters. The first-order chi connectivity index (χ1) is 11.3. The van der Waals surface area contributed by atoms with Gasteiger partial charge in [-0.2, -0.15) is 0 Å². The second kappa shape index (κ2) is 7.57. The number of sulfonamides is 1. The Morgan fingerprint density at radius 1 is 1.17 bits per heavy atom. The highest BCUT2D eigenvalue weighted by Crippen LogP contribution is 2.25. The maximum Gasteiger partial charge on any atom is 0.257 e. The van der Waals surface area contributed by atoms with Crippen LogP contribution in [0.3, 0.4) is 0 Å². The van der Waals surface area contributed by atoms with Crippen molar-refractivity contribution in [2.24, 2.45) is 0 Å². The molecule has 2 aromatic carbocycles.